The lowest BCUT2D eigenvalue weighted by Crippen LogP contribution is -2.65. The first-order chi connectivity index (χ1) is 10.3. The molecular weight excluding hydrogens is 304 g/mol. The Morgan fingerprint density at radius 2 is 1.23 bits per heavy atom. The Balaban J connectivity index is 2.21. The monoisotopic (exact) mass is 325 g/mol. The van der Waals surface area contributed by atoms with Gasteiger partial charge in [-0.3, -0.25) is 0 Å². The lowest BCUT2D eigenvalue weighted by molar-refractivity contribution is -0.269. The van der Waals surface area contributed by atoms with Gasteiger partial charge in [-0.25, -0.2) is 0 Å². The molecule has 1 unspecified atom stereocenters. The van der Waals surface area contributed by atoms with Gasteiger partial charge in [-0.1, -0.05) is 0 Å². The van der Waals surface area contributed by atoms with Gasteiger partial charge in [0.05, 0.1) is 13.2 Å². The van der Waals surface area contributed by atoms with Gasteiger partial charge in [0, 0.05) is 0 Å². The fourth-order valence-corrected chi connectivity index (χ4v) is 2.61. The first kappa shape index (κ1) is 17.9. The van der Waals surface area contributed by atoms with Crippen molar-refractivity contribution in [3.63, 3.8) is 0 Å². The third kappa shape index (κ3) is 2.99. The average molecular weight is 325 g/mol. The van der Waals surface area contributed by atoms with Crippen molar-refractivity contribution in [1.29, 1.82) is 0 Å². The van der Waals surface area contributed by atoms with Crippen LogP contribution in [0, 0.1) is 6.10 Å². The summed E-state index contributed by atoms with van der Waals surface area (Å²) < 4.78 is 10.4. The van der Waals surface area contributed by atoms with Crippen molar-refractivity contribution in [3.05, 3.63) is 6.10 Å². The van der Waals surface area contributed by atoms with Crippen molar-refractivity contribution in [2.75, 3.05) is 13.2 Å². The molecule has 129 valence electrons. The van der Waals surface area contributed by atoms with E-state index >= 15 is 0 Å². The van der Waals surface area contributed by atoms with E-state index in [1.54, 1.807) is 0 Å². The van der Waals surface area contributed by atoms with Gasteiger partial charge < -0.3 is 50.3 Å². The van der Waals surface area contributed by atoms with Gasteiger partial charge in [0.15, 0.2) is 6.10 Å². The Bertz CT molecular complexity index is 330. The minimum Gasteiger partial charge on any atom is -0.394 e. The molecule has 0 spiro atoms. The number of rotatable bonds is 3. The zero-order chi connectivity index (χ0) is 16.6. The highest BCUT2D eigenvalue weighted by Crippen LogP contribution is 2.35. The molecule has 2 saturated heterocycles. The van der Waals surface area contributed by atoms with E-state index in [1.807, 2.05) is 0 Å². The van der Waals surface area contributed by atoms with Gasteiger partial charge in [0.25, 0.3) is 0 Å². The van der Waals surface area contributed by atoms with E-state index in [-0.39, 0.29) is 0 Å². The first-order valence-electron chi connectivity index (χ1n) is 6.82. The third-order valence-corrected chi connectivity index (χ3v) is 3.99. The molecule has 2 heterocycles. The molecule has 0 aromatic rings. The standard InChI is InChI=1S/C12H21O10/c13-1-3-5(15)7(17)9(19)11(21-3)12-10(20)8(18)6(16)4(2-14)22-12/h3-11,13-20H,1-2H2/t3-,4-,5-,6-,7+,8+,9-,10-,11?/m1/s1. The lowest BCUT2D eigenvalue weighted by atomic mass is 9.86. The Kier molecular flexibility index (Phi) is 5.72. The summed E-state index contributed by atoms with van der Waals surface area (Å²) in [6.45, 7) is -1.34. The summed E-state index contributed by atoms with van der Waals surface area (Å²) in [7, 11) is 0. The fourth-order valence-electron chi connectivity index (χ4n) is 2.61. The van der Waals surface area contributed by atoms with Crippen LogP contribution in [0.1, 0.15) is 0 Å². The molecule has 10 nitrogen and oxygen atoms in total. The van der Waals surface area contributed by atoms with Crippen LogP contribution in [0.15, 0.2) is 0 Å². The van der Waals surface area contributed by atoms with Crippen molar-refractivity contribution >= 4 is 0 Å². The predicted octanol–water partition coefficient (Wildman–Crippen LogP) is -5.17. The zero-order valence-corrected chi connectivity index (χ0v) is 11.5. The van der Waals surface area contributed by atoms with Crippen molar-refractivity contribution < 1.29 is 50.3 Å². The summed E-state index contributed by atoms with van der Waals surface area (Å²) in [6.07, 6.45) is -14.3. The number of hydrogen-bond donors (Lipinski definition) is 8. The van der Waals surface area contributed by atoms with E-state index in [1.165, 1.54) is 0 Å². The van der Waals surface area contributed by atoms with Gasteiger partial charge in [0.1, 0.15) is 54.9 Å². The van der Waals surface area contributed by atoms with Crippen molar-refractivity contribution in [1.82, 2.24) is 0 Å². The highest BCUT2D eigenvalue weighted by atomic mass is 16.6. The molecule has 0 aromatic heterocycles. The Morgan fingerprint density at radius 1 is 0.682 bits per heavy atom. The number of aliphatic hydroxyl groups excluding tert-OH is 8. The van der Waals surface area contributed by atoms with Gasteiger partial charge in [-0.05, 0) is 0 Å². The van der Waals surface area contributed by atoms with Crippen LogP contribution in [0.2, 0.25) is 0 Å². The van der Waals surface area contributed by atoms with E-state index in [0.717, 1.165) is 0 Å². The molecule has 0 aromatic carbocycles. The van der Waals surface area contributed by atoms with E-state index in [0.29, 0.717) is 0 Å². The first-order valence-corrected chi connectivity index (χ1v) is 6.82. The van der Waals surface area contributed by atoms with Gasteiger partial charge in [-0.15, -0.1) is 0 Å². The van der Waals surface area contributed by atoms with Crippen LogP contribution < -0.4 is 0 Å². The summed E-state index contributed by atoms with van der Waals surface area (Å²) >= 11 is 0. The Hall–Kier alpha value is -0.400. The molecule has 9 atom stereocenters. The maximum atomic E-state index is 9.97. The summed E-state index contributed by atoms with van der Waals surface area (Å²) in [5.74, 6) is 0. The van der Waals surface area contributed by atoms with Crippen LogP contribution in [0.5, 0.6) is 0 Å². The lowest BCUT2D eigenvalue weighted by Gasteiger charge is -2.47. The molecule has 22 heavy (non-hydrogen) atoms. The van der Waals surface area contributed by atoms with E-state index < -0.39 is 74.3 Å². The van der Waals surface area contributed by atoms with Crippen LogP contribution in [0.4, 0.5) is 0 Å². The molecule has 10 heteroatoms. The second kappa shape index (κ2) is 7.01. The van der Waals surface area contributed by atoms with Crippen LogP contribution in [-0.4, -0.2) is 109 Å². The molecule has 0 aliphatic carbocycles. The van der Waals surface area contributed by atoms with E-state index in [2.05, 4.69) is 0 Å². The molecule has 0 saturated carbocycles. The van der Waals surface area contributed by atoms with Gasteiger partial charge >= 0.3 is 0 Å². The number of ether oxygens (including phenoxy) is 2. The quantitative estimate of drug-likeness (QED) is 0.250. The molecule has 2 rings (SSSR count). The molecule has 2 aliphatic heterocycles. The normalized spacial score (nSPS) is 51.0. The molecule has 1 radical (unpaired) electrons. The molecule has 2 fully saturated rings. The molecule has 8 N–H and O–H groups in total. The van der Waals surface area contributed by atoms with E-state index in [4.69, 9.17) is 19.7 Å². The van der Waals surface area contributed by atoms with Crippen LogP contribution in [0.25, 0.3) is 0 Å². The topological polar surface area (TPSA) is 180 Å². The Morgan fingerprint density at radius 3 is 1.77 bits per heavy atom. The summed E-state index contributed by atoms with van der Waals surface area (Å²) in [5, 5.41) is 77.0. The minimum absolute atomic E-state index is 0.409. The Labute approximate surface area is 125 Å². The largest absolute Gasteiger partial charge is 0.394 e. The number of hydrogen-bond acceptors (Lipinski definition) is 10. The van der Waals surface area contributed by atoms with Gasteiger partial charge in [-0.2, -0.15) is 0 Å². The number of aliphatic hydroxyl groups is 8. The minimum atomic E-state index is -1.75. The molecule has 2 aliphatic rings. The van der Waals surface area contributed by atoms with Crippen LogP contribution in [-0.2, 0) is 9.47 Å². The van der Waals surface area contributed by atoms with Crippen LogP contribution in [0.3, 0.4) is 0 Å². The van der Waals surface area contributed by atoms with E-state index in [9.17, 15) is 30.6 Å². The highest BCUT2D eigenvalue weighted by Gasteiger charge is 2.54. The van der Waals surface area contributed by atoms with Crippen molar-refractivity contribution in [2.24, 2.45) is 0 Å². The van der Waals surface area contributed by atoms with Gasteiger partial charge in [0.2, 0.25) is 0 Å². The summed E-state index contributed by atoms with van der Waals surface area (Å²) in [5.41, 5.74) is 0. The molecule has 0 amide bonds. The van der Waals surface area contributed by atoms with Crippen molar-refractivity contribution in [3.8, 4) is 0 Å². The highest BCUT2D eigenvalue weighted by molar-refractivity contribution is 5.11. The van der Waals surface area contributed by atoms with Crippen molar-refractivity contribution in [2.45, 2.75) is 54.9 Å². The maximum Gasteiger partial charge on any atom is 0.160 e. The summed E-state index contributed by atoms with van der Waals surface area (Å²) in [6, 6.07) is 0. The summed E-state index contributed by atoms with van der Waals surface area (Å²) in [4.78, 5) is 0. The zero-order valence-electron chi connectivity index (χ0n) is 11.5. The SMILES string of the molecule is OC[C@H]1O[C](C2O[C@H](CO)[C@@H](O)[C@H](O)[C@H]2O)[C@H](O)[C@@H](O)[C@@H]1O. The fraction of sp³-hybridized carbons (Fsp3) is 0.917. The predicted molar refractivity (Wildman–Crippen MR) is 67.0 cm³/mol. The smallest absolute Gasteiger partial charge is 0.160 e. The third-order valence-electron chi connectivity index (χ3n) is 3.99. The average Bonchev–Trinajstić information content (AvgIpc) is 2.52. The molecule has 0 bridgehead atoms. The molecular formula is C12H21O10. The second-order valence-corrected chi connectivity index (χ2v) is 5.42. The second-order valence-electron chi connectivity index (χ2n) is 5.42. The van der Waals surface area contributed by atoms with Crippen LogP contribution >= 0.6 is 0 Å². The maximum absolute atomic E-state index is 9.97.